The molecule has 2 aliphatic heterocycles. The number of carbonyl (C=O) groups excluding carboxylic acids is 3. The molecule has 2 aromatic carbocycles. The van der Waals surface area contributed by atoms with Crippen LogP contribution in [-0.4, -0.2) is 44.7 Å². The number of phenols is 1. The molecule has 186 valence electrons. The molecule has 0 spiro atoms. The Morgan fingerprint density at radius 2 is 1.86 bits per heavy atom. The number of rotatable bonds is 6. The van der Waals surface area contributed by atoms with Gasteiger partial charge >= 0.3 is 11.2 Å². The van der Waals surface area contributed by atoms with Gasteiger partial charge in [-0.1, -0.05) is 17.2 Å². The number of fused-ring (bicyclic) bond motifs is 1. The first-order valence-electron chi connectivity index (χ1n) is 11.4. The minimum atomic E-state index is -0.716. The van der Waals surface area contributed by atoms with Gasteiger partial charge in [-0.2, -0.15) is 0 Å². The topological polar surface area (TPSA) is 102 Å². The first-order chi connectivity index (χ1) is 16.5. The second kappa shape index (κ2) is 9.45. The van der Waals surface area contributed by atoms with Crippen LogP contribution in [0.4, 0.5) is 4.79 Å². The van der Waals surface area contributed by atoms with Crippen LogP contribution >= 0.6 is 11.8 Å². The Kier molecular flexibility index (Phi) is 6.73. The summed E-state index contributed by atoms with van der Waals surface area (Å²) in [6.45, 7) is 9.30. The molecule has 0 bridgehead atoms. The van der Waals surface area contributed by atoms with Gasteiger partial charge in [-0.3, -0.25) is 9.59 Å². The number of hydrogen-bond acceptors (Lipinski definition) is 8. The van der Waals surface area contributed by atoms with E-state index in [1.54, 1.807) is 0 Å². The molecule has 1 saturated heterocycles. The highest BCUT2D eigenvalue weighted by molar-refractivity contribution is 8.15. The van der Waals surface area contributed by atoms with Crippen LogP contribution in [0.5, 0.6) is 17.2 Å². The molecule has 2 aromatic rings. The van der Waals surface area contributed by atoms with Gasteiger partial charge in [0.05, 0.1) is 0 Å². The SMILES string of the molecule is CC(=O)ON1C(=O)SC(Cc2ccc(OCC3(C)CCc4c(C)c(O)c(C)c(C)c4O3)cc2)C1=O. The predicted molar refractivity (Wildman–Crippen MR) is 131 cm³/mol. The van der Waals surface area contributed by atoms with Crippen molar-refractivity contribution >= 4 is 28.9 Å². The maximum absolute atomic E-state index is 12.4. The molecule has 9 heteroatoms. The molecule has 1 N–H and O–H groups in total. The van der Waals surface area contributed by atoms with Crippen molar-refractivity contribution in [1.82, 2.24) is 5.06 Å². The number of imide groups is 1. The molecule has 0 aromatic heterocycles. The van der Waals surface area contributed by atoms with Crippen LogP contribution in [0.2, 0.25) is 0 Å². The third kappa shape index (κ3) is 4.96. The number of thioether (sulfide) groups is 1. The number of amides is 2. The van der Waals surface area contributed by atoms with E-state index in [9.17, 15) is 19.5 Å². The standard InChI is InChI=1S/C26H29NO7S/c1-14-15(2)23-20(16(3)22(14)29)10-11-26(5,33-23)13-32-19-8-6-18(7-9-19)12-21-24(30)27(25(31)35-21)34-17(4)28/h6-9,21,29H,10-13H2,1-5H3. The number of benzene rings is 2. The minimum absolute atomic E-state index is 0.329. The van der Waals surface area contributed by atoms with Crippen molar-refractivity contribution in [2.75, 3.05) is 6.61 Å². The van der Waals surface area contributed by atoms with Gasteiger partial charge in [-0.05, 0) is 93.1 Å². The van der Waals surface area contributed by atoms with Crippen molar-refractivity contribution in [1.29, 1.82) is 0 Å². The molecule has 2 heterocycles. The van der Waals surface area contributed by atoms with Gasteiger partial charge in [0.15, 0.2) is 0 Å². The fraction of sp³-hybridized carbons (Fsp3) is 0.423. The lowest BCUT2D eigenvalue weighted by Crippen LogP contribution is -2.42. The largest absolute Gasteiger partial charge is 0.507 e. The summed E-state index contributed by atoms with van der Waals surface area (Å²) in [5.41, 5.74) is 4.05. The number of carbonyl (C=O) groups is 3. The second-order valence-corrected chi connectivity index (χ2v) is 10.5. The molecule has 1 fully saturated rings. The third-order valence-corrected chi connectivity index (χ3v) is 7.61. The normalized spacial score (nSPS) is 21.5. The summed E-state index contributed by atoms with van der Waals surface area (Å²) in [7, 11) is 0. The molecule has 2 amide bonds. The maximum atomic E-state index is 12.4. The van der Waals surface area contributed by atoms with Crippen molar-refractivity contribution < 1.29 is 33.8 Å². The maximum Gasteiger partial charge on any atom is 0.330 e. The molecule has 0 saturated carbocycles. The van der Waals surface area contributed by atoms with Crippen LogP contribution in [0.3, 0.4) is 0 Å². The third-order valence-electron chi connectivity index (χ3n) is 6.59. The monoisotopic (exact) mass is 499 g/mol. The Morgan fingerprint density at radius 3 is 2.51 bits per heavy atom. The van der Waals surface area contributed by atoms with Crippen LogP contribution in [0.1, 0.15) is 48.1 Å². The highest BCUT2D eigenvalue weighted by Crippen LogP contribution is 2.43. The summed E-state index contributed by atoms with van der Waals surface area (Å²) in [5.74, 6) is 0.592. The molecule has 2 aliphatic rings. The lowest BCUT2D eigenvalue weighted by Gasteiger charge is -2.37. The zero-order chi connectivity index (χ0) is 25.5. The van der Waals surface area contributed by atoms with Crippen molar-refractivity contribution in [3.8, 4) is 17.2 Å². The average Bonchev–Trinajstić information content (AvgIpc) is 3.08. The number of hydrogen-bond donors (Lipinski definition) is 1. The zero-order valence-corrected chi connectivity index (χ0v) is 21.3. The van der Waals surface area contributed by atoms with E-state index in [0.29, 0.717) is 29.6 Å². The van der Waals surface area contributed by atoms with Gasteiger partial charge in [0.2, 0.25) is 0 Å². The van der Waals surface area contributed by atoms with Gasteiger partial charge in [0, 0.05) is 12.5 Å². The highest BCUT2D eigenvalue weighted by atomic mass is 32.2. The van der Waals surface area contributed by atoms with Crippen molar-refractivity contribution in [2.45, 2.75) is 64.7 Å². The van der Waals surface area contributed by atoms with E-state index in [2.05, 4.69) is 0 Å². The summed E-state index contributed by atoms with van der Waals surface area (Å²) in [6.07, 6.45) is 1.88. The first kappa shape index (κ1) is 24.9. The van der Waals surface area contributed by atoms with Crippen molar-refractivity contribution in [3.63, 3.8) is 0 Å². The average molecular weight is 500 g/mol. The molecule has 0 aliphatic carbocycles. The van der Waals surface area contributed by atoms with Gasteiger partial charge < -0.3 is 19.4 Å². The lowest BCUT2D eigenvalue weighted by atomic mass is 9.87. The number of ether oxygens (including phenoxy) is 2. The lowest BCUT2D eigenvalue weighted by molar-refractivity contribution is -0.180. The van der Waals surface area contributed by atoms with Gasteiger partial charge in [-0.15, -0.1) is 0 Å². The quantitative estimate of drug-likeness (QED) is 0.617. The molecule has 2 unspecified atom stereocenters. The first-order valence-corrected chi connectivity index (χ1v) is 12.3. The Balaban J connectivity index is 1.38. The van der Waals surface area contributed by atoms with Crippen LogP contribution in [0.25, 0.3) is 0 Å². The molecular formula is C26H29NO7S. The van der Waals surface area contributed by atoms with E-state index in [0.717, 1.165) is 65.1 Å². The number of nitrogens with zero attached hydrogens (tertiary/aromatic N) is 1. The smallest absolute Gasteiger partial charge is 0.330 e. The summed E-state index contributed by atoms with van der Waals surface area (Å²) < 4.78 is 12.5. The van der Waals surface area contributed by atoms with Crippen LogP contribution in [0, 0.1) is 20.8 Å². The van der Waals surface area contributed by atoms with E-state index < -0.39 is 28.0 Å². The summed E-state index contributed by atoms with van der Waals surface area (Å²) in [5, 5.41) is 9.67. The molecular weight excluding hydrogens is 470 g/mol. The summed E-state index contributed by atoms with van der Waals surface area (Å²) >= 11 is 0.846. The minimum Gasteiger partial charge on any atom is -0.507 e. The Bertz CT molecular complexity index is 1190. The van der Waals surface area contributed by atoms with Crippen molar-refractivity contribution in [3.05, 3.63) is 52.1 Å². The summed E-state index contributed by atoms with van der Waals surface area (Å²) in [4.78, 5) is 40.1. The molecule has 2 atom stereocenters. The molecule has 0 radical (unpaired) electrons. The van der Waals surface area contributed by atoms with E-state index in [1.807, 2.05) is 52.0 Å². The highest BCUT2D eigenvalue weighted by Gasteiger charge is 2.42. The van der Waals surface area contributed by atoms with E-state index in [-0.39, 0.29) is 0 Å². The molecule has 4 rings (SSSR count). The Morgan fingerprint density at radius 1 is 1.17 bits per heavy atom. The molecule has 35 heavy (non-hydrogen) atoms. The van der Waals surface area contributed by atoms with Gasteiger partial charge in [0.25, 0.3) is 5.91 Å². The van der Waals surface area contributed by atoms with Gasteiger partial charge in [-0.25, -0.2) is 4.79 Å². The van der Waals surface area contributed by atoms with Crippen molar-refractivity contribution in [2.24, 2.45) is 0 Å². The van der Waals surface area contributed by atoms with Crippen LogP contribution < -0.4 is 9.47 Å². The Hall–Kier alpha value is -3.20. The Labute approximate surface area is 208 Å². The zero-order valence-electron chi connectivity index (χ0n) is 20.5. The van der Waals surface area contributed by atoms with Crippen LogP contribution in [0.15, 0.2) is 24.3 Å². The van der Waals surface area contributed by atoms with E-state index in [1.165, 1.54) is 0 Å². The molecule has 8 nitrogen and oxygen atoms in total. The number of phenolic OH excluding ortho intramolecular Hbond substituents is 1. The summed E-state index contributed by atoms with van der Waals surface area (Å²) in [6, 6.07) is 7.34. The fourth-order valence-electron chi connectivity index (χ4n) is 4.35. The fourth-order valence-corrected chi connectivity index (χ4v) is 5.29. The van der Waals surface area contributed by atoms with Crippen LogP contribution in [-0.2, 0) is 27.3 Å². The van der Waals surface area contributed by atoms with Gasteiger partial charge in [0.1, 0.15) is 34.7 Å². The second-order valence-electron chi connectivity index (χ2n) is 9.31. The predicted octanol–water partition coefficient (Wildman–Crippen LogP) is 4.56. The van der Waals surface area contributed by atoms with E-state index >= 15 is 0 Å². The number of aromatic hydroxyl groups is 1. The van der Waals surface area contributed by atoms with E-state index in [4.69, 9.17) is 14.3 Å². The number of hydroxylamine groups is 2.